The highest BCUT2D eigenvalue weighted by Crippen LogP contribution is 2.35. The lowest BCUT2D eigenvalue weighted by molar-refractivity contribution is -0.150. The second-order valence-electron chi connectivity index (χ2n) is 8.81. The summed E-state index contributed by atoms with van der Waals surface area (Å²) >= 11 is 1.58. The summed E-state index contributed by atoms with van der Waals surface area (Å²) in [5.74, 6) is -0.222. The Labute approximate surface area is 188 Å². The summed E-state index contributed by atoms with van der Waals surface area (Å²) in [6.45, 7) is 11.2. The first-order chi connectivity index (χ1) is 14.5. The lowest BCUT2D eigenvalue weighted by Gasteiger charge is -2.35. The summed E-state index contributed by atoms with van der Waals surface area (Å²) in [7, 11) is 0. The van der Waals surface area contributed by atoms with Crippen LogP contribution in [-0.2, 0) is 9.53 Å². The molecule has 0 aliphatic carbocycles. The van der Waals surface area contributed by atoms with Crippen LogP contribution in [0.5, 0.6) is 5.88 Å². The van der Waals surface area contributed by atoms with Crippen LogP contribution < -0.4 is 10.1 Å². The number of carboxylic acid groups (broad SMARTS) is 1. The van der Waals surface area contributed by atoms with Gasteiger partial charge in [0.25, 0.3) is 0 Å². The standard InChI is InChI=1S/C22H33N3O5S/c1-6-16(13-24-20(28)30-21(2,3)4)15-29-18-8-7-17(14-23-18)31-25-11-9-22(5,10-12-25)19(26)27/h6-8,14H,9-13,15H2,1-5H3,(H,24,28)(H,26,27)/b16-6+. The molecule has 0 saturated carbocycles. The quantitative estimate of drug-likeness (QED) is 0.450. The Morgan fingerprint density at radius 2 is 2.00 bits per heavy atom. The molecule has 0 spiro atoms. The molecule has 1 aliphatic rings. The second-order valence-corrected chi connectivity index (χ2v) is 9.98. The predicted octanol–water partition coefficient (Wildman–Crippen LogP) is 4.13. The molecule has 172 valence electrons. The van der Waals surface area contributed by atoms with Crippen LogP contribution in [0.15, 0.2) is 34.9 Å². The van der Waals surface area contributed by atoms with Crippen molar-refractivity contribution in [2.45, 2.75) is 58.0 Å². The molecule has 8 nitrogen and oxygen atoms in total. The minimum Gasteiger partial charge on any atom is -0.481 e. The highest BCUT2D eigenvalue weighted by Gasteiger charge is 2.37. The van der Waals surface area contributed by atoms with E-state index in [4.69, 9.17) is 9.47 Å². The van der Waals surface area contributed by atoms with Crippen LogP contribution in [0.4, 0.5) is 4.79 Å². The van der Waals surface area contributed by atoms with Crippen molar-refractivity contribution in [2.75, 3.05) is 26.2 Å². The van der Waals surface area contributed by atoms with Crippen molar-refractivity contribution >= 4 is 24.0 Å². The first kappa shape index (κ1) is 25.0. The number of ether oxygens (including phenoxy) is 2. The Bertz CT molecular complexity index is 781. The minimum absolute atomic E-state index is 0.311. The third-order valence-corrected chi connectivity index (χ3v) is 6.03. The van der Waals surface area contributed by atoms with Crippen LogP contribution in [0.3, 0.4) is 0 Å². The molecule has 1 aromatic heterocycles. The molecule has 1 saturated heterocycles. The van der Waals surface area contributed by atoms with Crippen LogP contribution in [0, 0.1) is 5.41 Å². The number of piperidine rings is 1. The van der Waals surface area contributed by atoms with Gasteiger partial charge in [0.15, 0.2) is 0 Å². The maximum atomic E-state index is 11.8. The summed E-state index contributed by atoms with van der Waals surface area (Å²) in [4.78, 5) is 28.5. The molecule has 1 amide bonds. The summed E-state index contributed by atoms with van der Waals surface area (Å²) < 4.78 is 13.1. The Kier molecular flexibility index (Phi) is 8.76. The monoisotopic (exact) mass is 451 g/mol. The first-order valence-electron chi connectivity index (χ1n) is 10.4. The van der Waals surface area contributed by atoms with Gasteiger partial charge in [0, 0.05) is 36.8 Å². The predicted molar refractivity (Wildman–Crippen MR) is 120 cm³/mol. The average Bonchev–Trinajstić information content (AvgIpc) is 2.69. The van der Waals surface area contributed by atoms with Crippen molar-refractivity contribution in [3.63, 3.8) is 0 Å². The van der Waals surface area contributed by atoms with E-state index in [1.54, 1.807) is 18.1 Å². The second kappa shape index (κ2) is 10.9. The van der Waals surface area contributed by atoms with E-state index in [2.05, 4.69) is 14.6 Å². The molecule has 9 heteroatoms. The van der Waals surface area contributed by atoms with E-state index in [9.17, 15) is 14.7 Å². The molecule has 0 radical (unpaired) electrons. The molecule has 2 rings (SSSR count). The van der Waals surface area contributed by atoms with Crippen molar-refractivity contribution in [1.29, 1.82) is 0 Å². The number of carbonyl (C=O) groups is 2. The fourth-order valence-electron chi connectivity index (χ4n) is 2.84. The molecule has 2 heterocycles. The summed E-state index contributed by atoms with van der Waals surface area (Å²) in [6, 6.07) is 3.74. The van der Waals surface area contributed by atoms with E-state index in [0.717, 1.165) is 23.6 Å². The van der Waals surface area contributed by atoms with Crippen LogP contribution in [0.25, 0.3) is 0 Å². The fraction of sp³-hybridized carbons (Fsp3) is 0.591. The van der Waals surface area contributed by atoms with Gasteiger partial charge >= 0.3 is 12.1 Å². The zero-order chi connectivity index (χ0) is 23.1. The van der Waals surface area contributed by atoms with Gasteiger partial charge in [-0.25, -0.2) is 14.1 Å². The third-order valence-electron chi connectivity index (χ3n) is 4.96. The van der Waals surface area contributed by atoms with Gasteiger partial charge in [0.2, 0.25) is 5.88 Å². The first-order valence-corrected chi connectivity index (χ1v) is 11.1. The Balaban J connectivity index is 1.76. The molecular weight excluding hydrogens is 418 g/mol. The van der Waals surface area contributed by atoms with E-state index in [1.165, 1.54) is 0 Å². The Morgan fingerprint density at radius 1 is 1.32 bits per heavy atom. The van der Waals surface area contributed by atoms with Gasteiger partial charge in [-0.05, 0) is 71.0 Å². The number of amides is 1. The lowest BCUT2D eigenvalue weighted by atomic mass is 9.81. The van der Waals surface area contributed by atoms with Gasteiger partial charge in [0.1, 0.15) is 12.2 Å². The molecule has 2 N–H and O–H groups in total. The largest absolute Gasteiger partial charge is 0.481 e. The van der Waals surface area contributed by atoms with Crippen molar-refractivity contribution in [3.05, 3.63) is 30.0 Å². The SMILES string of the molecule is C/C=C(\CNC(=O)OC(C)(C)C)COc1ccc(SN2CCC(C)(C(=O)O)CC2)cn1. The van der Waals surface area contributed by atoms with Gasteiger partial charge < -0.3 is 19.9 Å². The number of rotatable bonds is 8. The maximum Gasteiger partial charge on any atom is 0.407 e. The number of allylic oxidation sites excluding steroid dienone is 1. The number of hydrogen-bond donors (Lipinski definition) is 2. The highest BCUT2D eigenvalue weighted by atomic mass is 32.2. The number of carbonyl (C=O) groups excluding carboxylic acids is 1. The number of hydrogen-bond acceptors (Lipinski definition) is 7. The van der Waals surface area contributed by atoms with Crippen molar-refractivity contribution in [1.82, 2.24) is 14.6 Å². The Morgan fingerprint density at radius 3 is 2.52 bits per heavy atom. The molecule has 1 fully saturated rings. The molecule has 0 unspecified atom stereocenters. The van der Waals surface area contributed by atoms with Crippen LogP contribution in [-0.4, -0.2) is 58.3 Å². The molecular formula is C22H33N3O5S. The molecule has 0 atom stereocenters. The number of alkyl carbamates (subject to hydrolysis) is 1. The van der Waals surface area contributed by atoms with Gasteiger partial charge in [-0.3, -0.25) is 4.79 Å². The average molecular weight is 452 g/mol. The summed E-state index contributed by atoms with van der Waals surface area (Å²) in [5.41, 5.74) is -0.263. The van der Waals surface area contributed by atoms with Gasteiger partial charge in [-0.2, -0.15) is 0 Å². The molecule has 0 bridgehead atoms. The minimum atomic E-state index is -0.720. The normalized spacial score (nSPS) is 17.1. The van der Waals surface area contributed by atoms with E-state index in [1.807, 2.05) is 52.8 Å². The Hall–Kier alpha value is -2.26. The molecule has 31 heavy (non-hydrogen) atoms. The number of aromatic nitrogens is 1. The van der Waals surface area contributed by atoms with Crippen LogP contribution in [0.1, 0.15) is 47.5 Å². The number of aliphatic carboxylic acids is 1. The molecule has 0 aromatic carbocycles. The smallest absolute Gasteiger partial charge is 0.407 e. The number of pyridine rings is 1. The summed E-state index contributed by atoms with van der Waals surface area (Å²) in [5, 5.41) is 12.1. The van der Waals surface area contributed by atoms with Crippen molar-refractivity contribution < 1.29 is 24.2 Å². The van der Waals surface area contributed by atoms with Crippen molar-refractivity contribution in [2.24, 2.45) is 5.41 Å². The number of carboxylic acids is 1. The van der Waals surface area contributed by atoms with E-state index >= 15 is 0 Å². The topological polar surface area (TPSA) is 101 Å². The van der Waals surface area contributed by atoms with Crippen LogP contribution in [0.2, 0.25) is 0 Å². The van der Waals surface area contributed by atoms with E-state index in [-0.39, 0.29) is 0 Å². The van der Waals surface area contributed by atoms with Gasteiger partial charge in [-0.15, -0.1) is 0 Å². The molecule has 1 aliphatic heterocycles. The third kappa shape index (κ3) is 8.41. The number of nitrogens with one attached hydrogen (secondary N) is 1. The fourth-order valence-corrected chi connectivity index (χ4v) is 3.74. The van der Waals surface area contributed by atoms with Gasteiger partial charge in [0.05, 0.1) is 5.41 Å². The van der Waals surface area contributed by atoms with E-state index < -0.39 is 23.1 Å². The van der Waals surface area contributed by atoms with E-state index in [0.29, 0.717) is 31.9 Å². The number of nitrogens with zero attached hydrogens (tertiary/aromatic N) is 2. The molecule has 1 aromatic rings. The zero-order valence-corrected chi connectivity index (χ0v) is 19.8. The summed E-state index contributed by atoms with van der Waals surface area (Å²) in [6.07, 6.45) is 4.44. The highest BCUT2D eigenvalue weighted by molar-refractivity contribution is 7.97. The van der Waals surface area contributed by atoms with Gasteiger partial charge in [-0.1, -0.05) is 6.08 Å². The zero-order valence-electron chi connectivity index (χ0n) is 18.9. The van der Waals surface area contributed by atoms with Crippen LogP contribution >= 0.6 is 11.9 Å². The van der Waals surface area contributed by atoms with Crippen molar-refractivity contribution in [3.8, 4) is 5.88 Å². The lowest BCUT2D eigenvalue weighted by Crippen LogP contribution is -2.39. The maximum absolute atomic E-state index is 11.8.